The van der Waals surface area contributed by atoms with E-state index in [2.05, 4.69) is 50.7 Å². The number of aryl methyl sites for hydroxylation is 1. The van der Waals surface area contributed by atoms with E-state index in [0.717, 1.165) is 17.8 Å². The summed E-state index contributed by atoms with van der Waals surface area (Å²) >= 11 is 5.75. The zero-order chi connectivity index (χ0) is 23.4. The highest BCUT2D eigenvalue weighted by atomic mass is 32.1. The van der Waals surface area contributed by atoms with Gasteiger partial charge in [-0.2, -0.15) is 0 Å². The molecular weight excluding hydrogens is 434 g/mol. The van der Waals surface area contributed by atoms with Crippen LogP contribution in [0, 0.1) is 13.8 Å². The van der Waals surface area contributed by atoms with Crippen molar-refractivity contribution in [3.05, 3.63) is 83.2 Å². The molecule has 3 aromatic rings. The van der Waals surface area contributed by atoms with Crippen LogP contribution < -0.4 is 5.32 Å². The van der Waals surface area contributed by atoms with E-state index in [4.69, 9.17) is 17.0 Å². The Labute approximate surface area is 199 Å². The Kier molecular flexibility index (Phi) is 7.03. The number of thiocarbonyl (C=S) groups is 1. The first kappa shape index (κ1) is 22.9. The standard InChI is InChI=1S/C25H29N5O2S/c1-17-14-20(18(2)30(17)16-19-8-6-11-26-15-19)24-23(21-9-4-5-12-27-21)28-25(33)29(24)13-7-10-22(31)32-3/h4-6,8-9,11-12,14-15,23-24H,7,10,13,16H2,1-3H3,(H,28,33)/t23-,24+/m0/s1. The summed E-state index contributed by atoms with van der Waals surface area (Å²) in [5, 5.41) is 4.16. The van der Waals surface area contributed by atoms with Crippen molar-refractivity contribution in [3.63, 3.8) is 0 Å². The molecule has 4 heterocycles. The van der Waals surface area contributed by atoms with Gasteiger partial charge in [0.2, 0.25) is 0 Å². The number of aromatic nitrogens is 3. The molecule has 0 amide bonds. The van der Waals surface area contributed by atoms with Gasteiger partial charge in [0.1, 0.15) is 0 Å². The minimum Gasteiger partial charge on any atom is -0.469 e. The summed E-state index contributed by atoms with van der Waals surface area (Å²) < 4.78 is 7.13. The minimum absolute atomic E-state index is 0.0288. The fourth-order valence-corrected chi connectivity index (χ4v) is 4.86. The van der Waals surface area contributed by atoms with Crippen LogP contribution in [0.1, 0.15) is 53.1 Å². The normalized spacial score (nSPS) is 17.8. The largest absolute Gasteiger partial charge is 0.469 e. The average molecular weight is 464 g/mol. The van der Waals surface area contributed by atoms with Gasteiger partial charge in [0.15, 0.2) is 5.11 Å². The van der Waals surface area contributed by atoms with Gasteiger partial charge in [-0.25, -0.2) is 0 Å². The number of methoxy groups -OCH3 is 1. The highest BCUT2D eigenvalue weighted by molar-refractivity contribution is 7.80. The van der Waals surface area contributed by atoms with E-state index in [9.17, 15) is 4.79 Å². The number of hydrogen-bond acceptors (Lipinski definition) is 5. The molecule has 7 nitrogen and oxygen atoms in total. The summed E-state index contributed by atoms with van der Waals surface area (Å²) in [6.45, 7) is 5.70. The molecule has 172 valence electrons. The highest BCUT2D eigenvalue weighted by Gasteiger charge is 2.41. The summed E-state index contributed by atoms with van der Waals surface area (Å²) in [5.74, 6) is -0.208. The lowest BCUT2D eigenvalue weighted by Crippen LogP contribution is -2.31. The number of carbonyl (C=O) groups excluding carboxylic acids is 1. The lowest BCUT2D eigenvalue weighted by molar-refractivity contribution is -0.140. The summed E-state index contributed by atoms with van der Waals surface area (Å²) in [5.41, 5.74) is 5.67. The molecule has 33 heavy (non-hydrogen) atoms. The van der Waals surface area contributed by atoms with Gasteiger partial charge in [0.05, 0.1) is 24.9 Å². The van der Waals surface area contributed by atoms with E-state index in [1.807, 2.05) is 36.7 Å². The molecule has 0 aromatic carbocycles. The van der Waals surface area contributed by atoms with Gasteiger partial charge in [-0.05, 0) is 67.9 Å². The molecule has 0 unspecified atom stereocenters. The van der Waals surface area contributed by atoms with Crippen molar-refractivity contribution >= 4 is 23.3 Å². The van der Waals surface area contributed by atoms with Crippen LogP contribution >= 0.6 is 12.2 Å². The first-order valence-corrected chi connectivity index (χ1v) is 11.5. The molecule has 3 aromatic heterocycles. The first-order chi connectivity index (χ1) is 16.0. The van der Waals surface area contributed by atoms with Crippen molar-refractivity contribution in [2.75, 3.05) is 13.7 Å². The van der Waals surface area contributed by atoms with Gasteiger partial charge in [-0.15, -0.1) is 0 Å². The second-order valence-corrected chi connectivity index (χ2v) is 8.66. The predicted molar refractivity (Wildman–Crippen MR) is 131 cm³/mol. The molecule has 0 saturated carbocycles. The Morgan fingerprint density at radius 1 is 1.21 bits per heavy atom. The predicted octanol–water partition coefficient (Wildman–Crippen LogP) is 3.87. The third kappa shape index (κ3) is 4.90. The van der Waals surface area contributed by atoms with Gasteiger partial charge in [-0.3, -0.25) is 14.8 Å². The molecule has 0 aliphatic carbocycles. The van der Waals surface area contributed by atoms with Crippen LogP contribution in [0.25, 0.3) is 0 Å². The van der Waals surface area contributed by atoms with Crippen LogP contribution in [0.3, 0.4) is 0 Å². The van der Waals surface area contributed by atoms with E-state index in [1.165, 1.54) is 24.1 Å². The van der Waals surface area contributed by atoms with Crippen molar-refractivity contribution in [1.82, 2.24) is 24.8 Å². The fourth-order valence-electron chi connectivity index (χ4n) is 4.53. The number of esters is 1. The van der Waals surface area contributed by atoms with Crippen molar-refractivity contribution in [2.45, 2.75) is 45.3 Å². The molecule has 0 radical (unpaired) electrons. The Morgan fingerprint density at radius 2 is 2.06 bits per heavy atom. The first-order valence-electron chi connectivity index (χ1n) is 11.1. The van der Waals surface area contributed by atoms with Gasteiger partial charge in [0, 0.05) is 49.5 Å². The summed E-state index contributed by atoms with van der Waals surface area (Å²) in [6.07, 6.45) is 6.52. The molecule has 1 aliphatic heterocycles. The third-order valence-electron chi connectivity index (χ3n) is 6.20. The van der Waals surface area contributed by atoms with Gasteiger partial charge in [0.25, 0.3) is 0 Å². The molecule has 0 spiro atoms. The molecule has 1 fully saturated rings. The zero-order valence-electron chi connectivity index (χ0n) is 19.2. The fraction of sp³-hybridized carbons (Fsp3) is 0.360. The Morgan fingerprint density at radius 3 is 2.76 bits per heavy atom. The maximum atomic E-state index is 11.7. The van der Waals surface area contributed by atoms with E-state index in [-0.39, 0.29) is 18.1 Å². The average Bonchev–Trinajstić information content (AvgIpc) is 3.30. The smallest absolute Gasteiger partial charge is 0.305 e. The Balaban J connectivity index is 1.69. The van der Waals surface area contributed by atoms with Crippen LogP contribution in [0.4, 0.5) is 0 Å². The summed E-state index contributed by atoms with van der Waals surface area (Å²) in [7, 11) is 1.42. The topological polar surface area (TPSA) is 72.3 Å². The number of ether oxygens (including phenoxy) is 1. The molecule has 1 N–H and O–H groups in total. The molecule has 1 aliphatic rings. The van der Waals surface area contributed by atoms with Crippen molar-refractivity contribution in [3.8, 4) is 0 Å². The maximum Gasteiger partial charge on any atom is 0.305 e. The number of pyridine rings is 2. The quantitative estimate of drug-likeness (QED) is 0.402. The Hall–Kier alpha value is -3.26. The highest BCUT2D eigenvalue weighted by Crippen LogP contribution is 2.41. The number of nitrogens with zero attached hydrogens (tertiary/aromatic N) is 4. The van der Waals surface area contributed by atoms with Crippen molar-refractivity contribution < 1.29 is 9.53 Å². The second-order valence-electron chi connectivity index (χ2n) is 8.27. The van der Waals surface area contributed by atoms with Crippen LogP contribution in [0.5, 0.6) is 0 Å². The number of nitrogens with one attached hydrogen (secondary N) is 1. The number of rotatable bonds is 8. The van der Waals surface area contributed by atoms with E-state index in [1.54, 1.807) is 6.20 Å². The zero-order valence-corrected chi connectivity index (χ0v) is 20.0. The van der Waals surface area contributed by atoms with E-state index >= 15 is 0 Å². The second kappa shape index (κ2) is 10.1. The molecule has 4 rings (SSSR count). The SMILES string of the molecule is COC(=O)CCCN1C(=S)N[C@@H](c2ccccn2)[C@H]1c1cc(C)n(Cc2cccnc2)c1C. The van der Waals surface area contributed by atoms with Crippen molar-refractivity contribution in [1.29, 1.82) is 0 Å². The molecule has 2 atom stereocenters. The van der Waals surface area contributed by atoms with Crippen LogP contribution in [-0.4, -0.2) is 44.2 Å². The molecular formula is C25H29N5O2S. The van der Waals surface area contributed by atoms with Gasteiger partial charge in [-0.1, -0.05) is 12.1 Å². The van der Waals surface area contributed by atoms with Crippen LogP contribution in [-0.2, 0) is 16.1 Å². The van der Waals surface area contributed by atoms with Crippen LogP contribution in [0.15, 0.2) is 55.0 Å². The van der Waals surface area contributed by atoms with E-state index < -0.39 is 0 Å². The molecule has 1 saturated heterocycles. The molecule has 0 bridgehead atoms. The summed E-state index contributed by atoms with van der Waals surface area (Å²) in [6, 6.07) is 12.1. The van der Waals surface area contributed by atoms with Gasteiger partial charge >= 0.3 is 5.97 Å². The minimum atomic E-state index is -0.208. The number of hydrogen-bond donors (Lipinski definition) is 1. The lowest BCUT2D eigenvalue weighted by atomic mass is 9.96. The third-order valence-corrected chi connectivity index (χ3v) is 6.55. The monoisotopic (exact) mass is 463 g/mol. The lowest BCUT2D eigenvalue weighted by Gasteiger charge is -2.28. The van der Waals surface area contributed by atoms with Crippen molar-refractivity contribution in [2.24, 2.45) is 0 Å². The summed E-state index contributed by atoms with van der Waals surface area (Å²) in [4.78, 5) is 22.7. The van der Waals surface area contributed by atoms with E-state index in [0.29, 0.717) is 24.5 Å². The van der Waals surface area contributed by atoms with Gasteiger partial charge < -0.3 is 19.5 Å². The number of carbonyl (C=O) groups is 1. The Bertz CT molecular complexity index is 1120. The maximum absolute atomic E-state index is 11.7. The molecule has 8 heteroatoms. The van der Waals surface area contributed by atoms with Crippen LogP contribution in [0.2, 0.25) is 0 Å².